The van der Waals surface area contributed by atoms with Gasteiger partial charge in [-0.15, -0.1) is 11.3 Å². The van der Waals surface area contributed by atoms with Crippen molar-refractivity contribution in [3.05, 3.63) is 76.4 Å². The number of benzene rings is 1. The molecule has 0 bridgehead atoms. The molecule has 3 rings (SSSR count). The summed E-state index contributed by atoms with van der Waals surface area (Å²) >= 11 is 1.20. The van der Waals surface area contributed by atoms with Crippen LogP contribution in [0.1, 0.15) is 49.5 Å². The van der Waals surface area contributed by atoms with Gasteiger partial charge in [0, 0.05) is 42.0 Å². The Kier molecular flexibility index (Phi) is 10.7. The summed E-state index contributed by atoms with van der Waals surface area (Å²) in [6.07, 6.45) is 9.63. The molecule has 2 unspecified atom stereocenters. The van der Waals surface area contributed by atoms with Crippen molar-refractivity contribution < 1.29 is 19.2 Å². The highest BCUT2D eigenvalue weighted by Gasteiger charge is 2.27. The van der Waals surface area contributed by atoms with Gasteiger partial charge in [0.15, 0.2) is 5.01 Å². The number of rotatable bonds is 13. The predicted molar refractivity (Wildman–Crippen MR) is 153 cm³/mol. The van der Waals surface area contributed by atoms with Crippen LogP contribution in [0.2, 0.25) is 0 Å². The maximum atomic E-state index is 13.2. The van der Waals surface area contributed by atoms with Crippen LogP contribution in [0.25, 0.3) is 10.9 Å². The van der Waals surface area contributed by atoms with Gasteiger partial charge in [0.25, 0.3) is 0 Å². The van der Waals surface area contributed by atoms with Gasteiger partial charge in [0.05, 0.1) is 12.6 Å². The molecular weight excluding hydrogens is 514 g/mol. The lowest BCUT2D eigenvalue weighted by molar-refractivity contribution is -0.129. The molecule has 206 valence electrons. The smallest absolute Gasteiger partial charge is 0.243 e. The van der Waals surface area contributed by atoms with Crippen molar-refractivity contribution in [3.63, 3.8) is 0 Å². The number of H-pyrrole nitrogens is 1. The van der Waals surface area contributed by atoms with Crippen molar-refractivity contribution in [2.24, 2.45) is 5.92 Å². The van der Waals surface area contributed by atoms with Crippen molar-refractivity contribution in [2.45, 2.75) is 52.6 Å². The fraction of sp³-hybridized carbons (Fsp3) is 0.345. The van der Waals surface area contributed by atoms with E-state index in [0.717, 1.165) is 22.0 Å². The molecule has 9 nitrogen and oxygen atoms in total. The third-order valence-electron chi connectivity index (χ3n) is 6.20. The highest BCUT2D eigenvalue weighted by molar-refractivity contribution is 7.11. The second-order valence-corrected chi connectivity index (χ2v) is 10.4. The fourth-order valence-corrected chi connectivity index (χ4v) is 4.80. The number of thiazole rings is 1. The first-order valence-corrected chi connectivity index (χ1v) is 13.7. The molecule has 0 aliphatic rings. The summed E-state index contributed by atoms with van der Waals surface area (Å²) in [5.41, 5.74) is 2.80. The molecule has 2 heterocycles. The van der Waals surface area contributed by atoms with Crippen LogP contribution in [0, 0.1) is 5.92 Å². The Hall–Kier alpha value is -4.05. The van der Waals surface area contributed by atoms with E-state index < -0.39 is 23.9 Å². The lowest BCUT2D eigenvalue weighted by Gasteiger charge is -2.21. The SMILES string of the molecule is C/C=C\C=C(\CC(NC(C)=O)C(=O)NCC(=O)NC(Cc1c[nH]c2ccccc12)C(=O)c1nccs1)C(C)C. The topological polar surface area (TPSA) is 133 Å². The number of hydrogen-bond acceptors (Lipinski definition) is 6. The van der Waals surface area contributed by atoms with Crippen LogP contribution >= 0.6 is 11.3 Å². The van der Waals surface area contributed by atoms with Crippen LogP contribution < -0.4 is 16.0 Å². The average molecular weight is 550 g/mol. The number of nitrogens with one attached hydrogen (secondary N) is 4. The molecule has 3 amide bonds. The third-order valence-corrected chi connectivity index (χ3v) is 6.98. The minimum atomic E-state index is -0.873. The van der Waals surface area contributed by atoms with E-state index in [1.807, 2.05) is 69.5 Å². The van der Waals surface area contributed by atoms with Gasteiger partial charge in [-0.3, -0.25) is 19.2 Å². The molecule has 0 saturated heterocycles. The summed E-state index contributed by atoms with van der Waals surface area (Å²) in [7, 11) is 0. The molecule has 10 heteroatoms. The van der Waals surface area contributed by atoms with Crippen molar-refractivity contribution in [1.29, 1.82) is 0 Å². The number of aromatic amines is 1. The summed E-state index contributed by atoms with van der Waals surface area (Å²) in [5, 5.41) is 11.0. The van der Waals surface area contributed by atoms with Crippen LogP contribution in [0.5, 0.6) is 0 Å². The van der Waals surface area contributed by atoms with Crippen molar-refractivity contribution in [3.8, 4) is 0 Å². The first kappa shape index (κ1) is 29.5. The maximum Gasteiger partial charge on any atom is 0.243 e. The number of hydrogen-bond donors (Lipinski definition) is 4. The van der Waals surface area contributed by atoms with Crippen molar-refractivity contribution in [1.82, 2.24) is 25.9 Å². The molecule has 1 aromatic carbocycles. The number of ketones is 1. The number of allylic oxidation sites excluding steroid dienone is 3. The molecule has 3 aromatic rings. The lowest BCUT2D eigenvalue weighted by atomic mass is 9.95. The lowest BCUT2D eigenvalue weighted by Crippen LogP contribution is -2.51. The molecule has 0 aliphatic carbocycles. The maximum absolute atomic E-state index is 13.2. The molecule has 2 aromatic heterocycles. The summed E-state index contributed by atoms with van der Waals surface area (Å²) in [6, 6.07) is 6.01. The van der Waals surface area contributed by atoms with Gasteiger partial charge in [0.1, 0.15) is 6.04 Å². The van der Waals surface area contributed by atoms with Crippen LogP contribution in [-0.4, -0.2) is 52.1 Å². The van der Waals surface area contributed by atoms with E-state index in [9.17, 15) is 19.2 Å². The molecule has 0 spiro atoms. The largest absolute Gasteiger partial charge is 0.361 e. The van der Waals surface area contributed by atoms with Crippen molar-refractivity contribution in [2.75, 3.05) is 6.54 Å². The summed E-state index contributed by atoms with van der Waals surface area (Å²) in [5.74, 6) is -1.49. The number of amides is 3. The number of aromatic nitrogens is 2. The highest BCUT2D eigenvalue weighted by atomic mass is 32.1. The number of nitrogens with zero attached hydrogens (tertiary/aromatic N) is 1. The van der Waals surface area contributed by atoms with Gasteiger partial charge >= 0.3 is 0 Å². The molecular formula is C29H35N5O4S. The first-order chi connectivity index (χ1) is 18.7. The Morgan fingerprint density at radius 2 is 1.87 bits per heavy atom. The van der Waals surface area contributed by atoms with Gasteiger partial charge in [0.2, 0.25) is 23.5 Å². The number of para-hydroxylation sites is 1. The monoisotopic (exact) mass is 549 g/mol. The Morgan fingerprint density at radius 1 is 1.10 bits per heavy atom. The molecule has 0 aliphatic heterocycles. The first-order valence-electron chi connectivity index (χ1n) is 12.8. The third kappa shape index (κ3) is 8.47. The van der Waals surface area contributed by atoms with Gasteiger partial charge in [-0.25, -0.2) is 4.98 Å². The zero-order chi connectivity index (χ0) is 28.4. The van der Waals surface area contributed by atoms with Crippen LogP contribution in [-0.2, 0) is 20.8 Å². The number of carbonyl (C=O) groups is 4. The minimum Gasteiger partial charge on any atom is -0.361 e. The summed E-state index contributed by atoms with van der Waals surface area (Å²) in [6.45, 7) is 6.92. The van der Waals surface area contributed by atoms with E-state index in [4.69, 9.17) is 0 Å². The Balaban J connectivity index is 1.70. The quantitative estimate of drug-likeness (QED) is 0.191. The van der Waals surface area contributed by atoms with Gasteiger partial charge in [-0.05, 0) is 30.9 Å². The zero-order valence-corrected chi connectivity index (χ0v) is 23.4. The number of fused-ring (bicyclic) bond motifs is 1. The summed E-state index contributed by atoms with van der Waals surface area (Å²) < 4.78 is 0. The Labute approximate surface area is 232 Å². The molecule has 0 saturated carbocycles. The second kappa shape index (κ2) is 14.2. The van der Waals surface area contributed by atoms with E-state index in [0.29, 0.717) is 11.4 Å². The average Bonchev–Trinajstić information content (AvgIpc) is 3.58. The van der Waals surface area contributed by atoms with Gasteiger partial charge in [-0.1, -0.05) is 55.8 Å². The standard InChI is InChI=1S/C29H35N5O4S/c1-5-6-9-20(18(2)3)14-25(33-19(4)35)28(38)32-17-26(36)34-24(27(37)29-30-12-13-39-29)15-21-16-31-23-11-8-7-10-22(21)23/h5-13,16,18,24-25,31H,14-15,17H2,1-4H3,(H,32,38)(H,33,35)(H,34,36)/b6-5-,20-9-. The molecule has 2 atom stereocenters. The van der Waals surface area contributed by atoms with E-state index >= 15 is 0 Å². The van der Waals surface area contributed by atoms with E-state index in [1.54, 1.807) is 11.6 Å². The van der Waals surface area contributed by atoms with Crippen LogP contribution in [0.4, 0.5) is 0 Å². The van der Waals surface area contributed by atoms with Crippen LogP contribution in [0.15, 0.2) is 65.8 Å². The van der Waals surface area contributed by atoms with E-state index in [-0.39, 0.29) is 30.6 Å². The highest BCUT2D eigenvalue weighted by Crippen LogP contribution is 2.21. The van der Waals surface area contributed by atoms with Crippen molar-refractivity contribution >= 4 is 45.7 Å². The molecule has 0 fully saturated rings. The van der Waals surface area contributed by atoms with E-state index in [1.165, 1.54) is 18.3 Å². The molecule has 0 radical (unpaired) electrons. The number of Topliss-reactive ketones (excluding diaryl/α,β-unsaturated/α-hetero) is 1. The van der Waals surface area contributed by atoms with Gasteiger partial charge in [-0.2, -0.15) is 0 Å². The fourth-order valence-electron chi connectivity index (χ4n) is 4.17. The minimum absolute atomic E-state index is 0.163. The van der Waals surface area contributed by atoms with E-state index in [2.05, 4.69) is 25.9 Å². The molecule has 39 heavy (non-hydrogen) atoms. The number of carbonyl (C=O) groups excluding carboxylic acids is 4. The normalized spacial score (nSPS) is 13.4. The zero-order valence-electron chi connectivity index (χ0n) is 22.6. The molecule has 4 N–H and O–H groups in total. The second-order valence-electron chi connectivity index (χ2n) is 9.48. The Morgan fingerprint density at radius 3 is 2.54 bits per heavy atom. The summed E-state index contributed by atoms with van der Waals surface area (Å²) in [4.78, 5) is 58.2. The van der Waals surface area contributed by atoms with Gasteiger partial charge < -0.3 is 20.9 Å². The Bertz CT molecular complexity index is 1360. The predicted octanol–water partition coefficient (Wildman–Crippen LogP) is 3.70. The van der Waals surface area contributed by atoms with Crippen LogP contribution in [0.3, 0.4) is 0 Å².